The van der Waals surface area contributed by atoms with Crippen molar-refractivity contribution in [2.45, 2.75) is 65.8 Å². The monoisotopic (exact) mass is 503 g/mol. The zero-order valence-corrected chi connectivity index (χ0v) is 22.7. The summed E-state index contributed by atoms with van der Waals surface area (Å²) >= 11 is 0. The Morgan fingerprint density at radius 1 is 0.892 bits per heavy atom. The molecule has 0 aliphatic carbocycles. The number of rotatable bonds is 9. The Kier molecular flexibility index (Phi) is 8.92. The quantitative estimate of drug-likeness (QED) is 0.235. The van der Waals surface area contributed by atoms with Crippen molar-refractivity contribution in [1.82, 2.24) is 0 Å². The van der Waals surface area contributed by atoms with Gasteiger partial charge >= 0.3 is 6.03 Å². The Morgan fingerprint density at radius 3 is 2.00 bits per heavy atom. The number of ether oxygens (including phenoxy) is 1. The number of hydrogen-bond donors (Lipinski definition) is 1. The fraction of sp³-hybridized carbons (Fsp3) is 0.367. The Bertz CT molecular complexity index is 1230. The van der Waals surface area contributed by atoms with Crippen molar-refractivity contribution < 1.29 is 14.5 Å². The highest BCUT2D eigenvalue weighted by Gasteiger charge is 2.27. The highest BCUT2D eigenvalue weighted by Crippen LogP contribution is 2.39. The molecule has 0 saturated carbocycles. The third-order valence-corrected chi connectivity index (χ3v) is 6.50. The predicted molar refractivity (Wildman–Crippen MR) is 150 cm³/mol. The predicted octanol–water partition coefficient (Wildman–Crippen LogP) is 8.21. The van der Waals surface area contributed by atoms with Crippen LogP contribution in [0.3, 0.4) is 0 Å². The Labute approximate surface area is 219 Å². The van der Waals surface area contributed by atoms with Gasteiger partial charge in [0.15, 0.2) is 0 Å². The summed E-state index contributed by atoms with van der Waals surface area (Å²) in [5.41, 5.74) is 4.76. The molecule has 196 valence electrons. The Balaban J connectivity index is 2.08. The molecular formula is C30H37N3O4. The largest absolute Gasteiger partial charge is 0.497 e. The van der Waals surface area contributed by atoms with Gasteiger partial charge in [-0.25, -0.2) is 4.79 Å². The molecule has 0 fully saturated rings. The first kappa shape index (κ1) is 27.7. The van der Waals surface area contributed by atoms with Gasteiger partial charge in [-0.1, -0.05) is 65.8 Å². The number of nitrogens with zero attached hydrogens (tertiary/aromatic N) is 2. The SMILES string of the molecule is COc1ccc(CN(C(=O)Nc2c(C(C)C)ccc([N+](=O)[O-])c2C(C)C)c2ccc(C(C)C)cc2)cc1. The van der Waals surface area contributed by atoms with Gasteiger partial charge in [-0.05, 0) is 64.8 Å². The number of nitro benzene ring substituents is 1. The lowest BCUT2D eigenvalue weighted by molar-refractivity contribution is -0.385. The molecule has 0 heterocycles. The van der Waals surface area contributed by atoms with E-state index in [1.54, 1.807) is 24.1 Å². The zero-order valence-electron chi connectivity index (χ0n) is 22.7. The van der Waals surface area contributed by atoms with E-state index >= 15 is 0 Å². The van der Waals surface area contributed by atoms with Crippen molar-refractivity contribution in [3.63, 3.8) is 0 Å². The van der Waals surface area contributed by atoms with Crippen LogP contribution in [0.2, 0.25) is 0 Å². The van der Waals surface area contributed by atoms with Crippen LogP contribution in [0.5, 0.6) is 5.75 Å². The van der Waals surface area contributed by atoms with Gasteiger partial charge in [-0.3, -0.25) is 15.0 Å². The number of hydrogen-bond acceptors (Lipinski definition) is 4. The first-order valence-electron chi connectivity index (χ1n) is 12.7. The molecule has 0 bridgehead atoms. The molecule has 7 nitrogen and oxygen atoms in total. The summed E-state index contributed by atoms with van der Waals surface area (Å²) in [4.78, 5) is 27.0. The van der Waals surface area contributed by atoms with Crippen LogP contribution in [0.25, 0.3) is 0 Å². The number of anilines is 2. The lowest BCUT2D eigenvalue weighted by Gasteiger charge is -2.27. The van der Waals surface area contributed by atoms with Crippen molar-refractivity contribution in [1.29, 1.82) is 0 Å². The highest BCUT2D eigenvalue weighted by molar-refractivity contribution is 6.03. The van der Waals surface area contributed by atoms with Crippen LogP contribution in [0.15, 0.2) is 60.7 Å². The average molecular weight is 504 g/mol. The van der Waals surface area contributed by atoms with E-state index in [0.29, 0.717) is 23.7 Å². The number of urea groups is 1. The van der Waals surface area contributed by atoms with Crippen LogP contribution in [0.4, 0.5) is 21.9 Å². The van der Waals surface area contributed by atoms with Crippen LogP contribution < -0.4 is 15.0 Å². The summed E-state index contributed by atoms with van der Waals surface area (Å²) in [5, 5.41) is 14.9. The minimum atomic E-state index is -0.380. The second-order valence-corrected chi connectivity index (χ2v) is 10.1. The number of nitrogens with one attached hydrogen (secondary N) is 1. The highest BCUT2D eigenvalue weighted by atomic mass is 16.6. The fourth-order valence-corrected chi connectivity index (χ4v) is 4.40. The molecule has 0 radical (unpaired) electrons. The van der Waals surface area contributed by atoms with Gasteiger partial charge in [-0.2, -0.15) is 0 Å². The number of amides is 2. The normalized spacial score (nSPS) is 11.2. The molecule has 0 saturated heterocycles. The maximum Gasteiger partial charge on any atom is 0.326 e. The van der Waals surface area contributed by atoms with Gasteiger partial charge in [0.1, 0.15) is 5.75 Å². The summed E-state index contributed by atoms with van der Waals surface area (Å²) in [6.45, 7) is 12.4. The summed E-state index contributed by atoms with van der Waals surface area (Å²) in [7, 11) is 1.61. The molecule has 3 aromatic carbocycles. The molecule has 0 unspecified atom stereocenters. The summed E-state index contributed by atoms with van der Waals surface area (Å²) in [5.74, 6) is 1.01. The van der Waals surface area contributed by atoms with Crippen LogP contribution in [0, 0.1) is 10.1 Å². The molecule has 3 aromatic rings. The first-order chi connectivity index (χ1) is 17.5. The minimum Gasteiger partial charge on any atom is -0.497 e. The Hall–Kier alpha value is -3.87. The van der Waals surface area contributed by atoms with E-state index in [1.165, 1.54) is 5.56 Å². The maximum absolute atomic E-state index is 13.9. The second-order valence-electron chi connectivity index (χ2n) is 10.1. The molecule has 0 aliphatic rings. The molecule has 7 heteroatoms. The molecule has 0 atom stereocenters. The molecule has 0 aromatic heterocycles. The van der Waals surface area contributed by atoms with Crippen molar-refractivity contribution in [3.8, 4) is 5.75 Å². The van der Waals surface area contributed by atoms with Crippen molar-refractivity contribution >= 4 is 23.1 Å². The second kappa shape index (κ2) is 11.9. The van der Waals surface area contributed by atoms with Crippen LogP contribution in [-0.2, 0) is 6.54 Å². The topological polar surface area (TPSA) is 84.7 Å². The van der Waals surface area contributed by atoms with Gasteiger partial charge in [0.25, 0.3) is 5.69 Å². The van der Waals surface area contributed by atoms with Gasteiger partial charge in [0, 0.05) is 11.8 Å². The lowest BCUT2D eigenvalue weighted by atomic mass is 9.91. The first-order valence-corrected chi connectivity index (χ1v) is 12.7. The molecule has 37 heavy (non-hydrogen) atoms. The van der Waals surface area contributed by atoms with E-state index in [-0.39, 0.29) is 28.5 Å². The molecule has 0 aliphatic heterocycles. The summed E-state index contributed by atoms with van der Waals surface area (Å²) in [6.07, 6.45) is 0. The fourth-order valence-electron chi connectivity index (χ4n) is 4.40. The smallest absolute Gasteiger partial charge is 0.326 e. The number of methoxy groups -OCH3 is 1. The van der Waals surface area contributed by atoms with Crippen molar-refractivity contribution in [2.24, 2.45) is 0 Å². The summed E-state index contributed by atoms with van der Waals surface area (Å²) in [6, 6.07) is 18.5. The molecule has 0 spiro atoms. The van der Waals surface area contributed by atoms with Crippen molar-refractivity contribution in [2.75, 3.05) is 17.3 Å². The zero-order chi connectivity index (χ0) is 27.3. The standard InChI is InChI=1S/C30H37N3O4/c1-19(2)23-10-12-24(13-11-23)32(18-22-8-14-25(37-7)15-9-22)30(34)31-29-26(20(3)4)16-17-27(33(35)36)28(29)21(5)6/h8-17,19-21H,18H2,1-7H3,(H,31,34). The number of benzene rings is 3. The van der Waals surface area contributed by atoms with Gasteiger partial charge in [0.2, 0.25) is 0 Å². The molecule has 3 rings (SSSR count). The number of carbonyl (C=O) groups excluding carboxylic acids is 1. The Morgan fingerprint density at radius 2 is 1.51 bits per heavy atom. The summed E-state index contributed by atoms with van der Waals surface area (Å²) < 4.78 is 5.27. The van der Waals surface area contributed by atoms with E-state index in [4.69, 9.17) is 4.74 Å². The van der Waals surface area contributed by atoms with Gasteiger partial charge in [-0.15, -0.1) is 0 Å². The number of carbonyl (C=O) groups is 1. The van der Waals surface area contributed by atoms with E-state index in [1.807, 2.05) is 76.2 Å². The van der Waals surface area contributed by atoms with E-state index < -0.39 is 0 Å². The van der Waals surface area contributed by atoms with E-state index in [9.17, 15) is 14.9 Å². The number of nitro groups is 1. The van der Waals surface area contributed by atoms with Crippen molar-refractivity contribution in [3.05, 3.63) is 93.0 Å². The average Bonchev–Trinajstić information content (AvgIpc) is 2.86. The lowest BCUT2D eigenvalue weighted by Crippen LogP contribution is -2.35. The van der Waals surface area contributed by atoms with Gasteiger partial charge < -0.3 is 10.1 Å². The van der Waals surface area contributed by atoms with Gasteiger partial charge in [0.05, 0.1) is 29.8 Å². The third-order valence-electron chi connectivity index (χ3n) is 6.50. The molecule has 1 N–H and O–H groups in total. The van der Waals surface area contributed by atoms with E-state index in [0.717, 1.165) is 22.6 Å². The molecule has 2 amide bonds. The maximum atomic E-state index is 13.9. The minimum absolute atomic E-state index is 0.0118. The van der Waals surface area contributed by atoms with Crippen LogP contribution >= 0.6 is 0 Å². The van der Waals surface area contributed by atoms with Crippen LogP contribution in [-0.4, -0.2) is 18.1 Å². The van der Waals surface area contributed by atoms with Crippen LogP contribution in [0.1, 0.15) is 81.5 Å². The third kappa shape index (κ3) is 6.47. The van der Waals surface area contributed by atoms with E-state index in [2.05, 4.69) is 19.2 Å². The molecular weight excluding hydrogens is 466 g/mol.